The van der Waals surface area contributed by atoms with E-state index in [2.05, 4.69) is 10.6 Å². The highest BCUT2D eigenvalue weighted by atomic mass is 16.7. The zero-order valence-corrected chi connectivity index (χ0v) is 21.5. The van der Waals surface area contributed by atoms with Crippen LogP contribution in [-0.4, -0.2) is 154 Å². The molecule has 1 saturated carbocycles. The number of aliphatic hydroxyl groups excluding tert-OH is 7. The first-order chi connectivity index (χ1) is 18.2. The van der Waals surface area contributed by atoms with Gasteiger partial charge in [-0.2, -0.15) is 0 Å². The molecule has 38 heavy (non-hydrogen) atoms. The third-order valence-corrected chi connectivity index (χ3v) is 7.90. The van der Waals surface area contributed by atoms with Gasteiger partial charge in [-0.1, -0.05) is 0 Å². The van der Waals surface area contributed by atoms with Crippen molar-refractivity contribution in [2.24, 2.45) is 23.1 Å². The topological polar surface area (TPSA) is 271 Å². The van der Waals surface area contributed by atoms with E-state index in [1.165, 1.54) is 0 Å². The predicted octanol–water partition coefficient (Wildman–Crippen LogP) is -6.39. The molecule has 0 aromatic heterocycles. The highest BCUT2D eigenvalue weighted by molar-refractivity contribution is 5.05. The summed E-state index contributed by atoms with van der Waals surface area (Å²) in [4.78, 5) is 0. The molecule has 3 rings (SSSR count). The van der Waals surface area contributed by atoms with Crippen LogP contribution < -0.4 is 27.8 Å². The molecule has 13 unspecified atom stereocenters. The van der Waals surface area contributed by atoms with E-state index in [0.29, 0.717) is 25.9 Å². The molecule has 0 aromatic rings. The molecule has 13 atom stereocenters. The van der Waals surface area contributed by atoms with E-state index in [-0.39, 0.29) is 32.3 Å². The number of aliphatic hydroxyl groups is 7. The molecule has 15 heteroatoms. The zero-order valence-electron chi connectivity index (χ0n) is 21.5. The van der Waals surface area contributed by atoms with Crippen LogP contribution in [0.15, 0.2) is 0 Å². The highest BCUT2D eigenvalue weighted by Gasteiger charge is 2.52. The van der Waals surface area contributed by atoms with Crippen molar-refractivity contribution in [2.75, 3.05) is 39.5 Å². The Morgan fingerprint density at radius 1 is 0.895 bits per heavy atom. The lowest BCUT2D eigenvalue weighted by Gasteiger charge is -2.51. The van der Waals surface area contributed by atoms with Gasteiger partial charge in [-0.3, -0.25) is 0 Å². The van der Waals surface area contributed by atoms with E-state index in [0.717, 1.165) is 0 Å². The summed E-state index contributed by atoms with van der Waals surface area (Å²) >= 11 is 0. The monoisotopic (exact) mass is 553 g/mol. The summed E-state index contributed by atoms with van der Waals surface area (Å²) in [5.74, 6) is -0.677. The number of hydrogen-bond donors (Lipinski definition) is 12. The van der Waals surface area contributed by atoms with Crippen LogP contribution in [-0.2, 0) is 14.2 Å². The SMILES string of the molecule is NC1CCC(CNCCO)OC1C1C(N)CC(NC(CO)CO)C(OC2OC(CO)C(O)C(N)C2O)C1O. The average Bonchev–Trinajstić information content (AvgIpc) is 2.90. The van der Waals surface area contributed by atoms with Gasteiger partial charge in [0, 0.05) is 37.1 Å². The van der Waals surface area contributed by atoms with Gasteiger partial charge in [-0.05, 0) is 19.3 Å². The van der Waals surface area contributed by atoms with E-state index < -0.39 is 85.6 Å². The van der Waals surface area contributed by atoms with E-state index in [1.807, 2.05) is 0 Å². The Balaban J connectivity index is 1.83. The number of ether oxygens (including phenoxy) is 3. The molecule has 2 heterocycles. The summed E-state index contributed by atoms with van der Waals surface area (Å²) in [6.07, 6.45) is -6.95. The predicted molar refractivity (Wildman–Crippen MR) is 133 cm³/mol. The molecule has 0 spiro atoms. The molecule has 224 valence electrons. The van der Waals surface area contributed by atoms with Crippen LogP contribution in [0.5, 0.6) is 0 Å². The summed E-state index contributed by atoms with van der Waals surface area (Å²) in [6.45, 7) is -0.453. The molecule has 15 nitrogen and oxygen atoms in total. The van der Waals surface area contributed by atoms with Crippen LogP contribution in [0.1, 0.15) is 19.3 Å². The Labute approximate surface area is 222 Å². The fourth-order valence-electron chi connectivity index (χ4n) is 5.72. The first-order valence-corrected chi connectivity index (χ1v) is 13.3. The van der Waals surface area contributed by atoms with Crippen molar-refractivity contribution in [3.63, 3.8) is 0 Å². The van der Waals surface area contributed by atoms with Gasteiger partial charge in [0.15, 0.2) is 6.29 Å². The van der Waals surface area contributed by atoms with Crippen molar-refractivity contribution >= 4 is 0 Å². The molecule has 3 aliphatic rings. The Hall–Kier alpha value is -0.600. The zero-order chi connectivity index (χ0) is 28.0. The smallest absolute Gasteiger partial charge is 0.186 e. The Morgan fingerprint density at radius 3 is 2.24 bits per heavy atom. The number of hydrogen-bond acceptors (Lipinski definition) is 15. The van der Waals surface area contributed by atoms with E-state index in [1.54, 1.807) is 0 Å². The van der Waals surface area contributed by atoms with E-state index in [4.69, 9.17) is 36.5 Å². The lowest BCUT2D eigenvalue weighted by Crippen LogP contribution is -2.69. The maximum Gasteiger partial charge on any atom is 0.186 e. The second-order valence-corrected chi connectivity index (χ2v) is 10.6. The number of nitrogens with two attached hydrogens (primary N) is 3. The molecule has 15 N–H and O–H groups in total. The van der Waals surface area contributed by atoms with Crippen molar-refractivity contribution in [3.05, 3.63) is 0 Å². The molecule has 0 amide bonds. The van der Waals surface area contributed by atoms with Crippen LogP contribution in [0.25, 0.3) is 0 Å². The average molecular weight is 554 g/mol. The van der Waals surface area contributed by atoms with E-state index in [9.17, 15) is 30.6 Å². The van der Waals surface area contributed by atoms with Crippen molar-refractivity contribution in [2.45, 2.75) is 98.5 Å². The van der Waals surface area contributed by atoms with Crippen LogP contribution in [0.3, 0.4) is 0 Å². The Morgan fingerprint density at radius 2 is 1.61 bits per heavy atom. The first kappa shape index (κ1) is 31.9. The van der Waals surface area contributed by atoms with Crippen LogP contribution in [0.2, 0.25) is 0 Å². The normalized spacial score (nSPS) is 44.4. The fourth-order valence-corrected chi connectivity index (χ4v) is 5.72. The minimum atomic E-state index is -1.48. The standard InChI is InChI=1S/C23H47N5O10/c24-12-2-1-11(6-27-3-4-29)36-21(12)16-13(25)5-14(28-10(7-30)8-31)22(19(16)34)38-23-20(35)17(26)18(33)15(9-32)37-23/h10-23,27-35H,1-9,24-26H2. The lowest BCUT2D eigenvalue weighted by atomic mass is 9.72. The second kappa shape index (κ2) is 14.9. The lowest BCUT2D eigenvalue weighted by molar-refractivity contribution is -0.306. The quantitative estimate of drug-likeness (QED) is 0.100. The second-order valence-electron chi connectivity index (χ2n) is 10.6. The summed E-state index contributed by atoms with van der Waals surface area (Å²) in [5, 5.41) is 76.5. The van der Waals surface area contributed by atoms with Crippen LogP contribution in [0, 0.1) is 5.92 Å². The van der Waals surface area contributed by atoms with E-state index >= 15 is 0 Å². The molecule has 1 aliphatic carbocycles. The summed E-state index contributed by atoms with van der Waals surface area (Å²) in [7, 11) is 0. The van der Waals surface area contributed by atoms with Crippen LogP contribution >= 0.6 is 0 Å². The minimum absolute atomic E-state index is 0.00906. The molecule has 3 fully saturated rings. The molecule has 0 bridgehead atoms. The first-order valence-electron chi connectivity index (χ1n) is 13.3. The molecular formula is C23H47N5O10. The van der Waals surface area contributed by atoms with Crippen molar-refractivity contribution < 1.29 is 50.0 Å². The van der Waals surface area contributed by atoms with Gasteiger partial charge in [0.2, 0.25) is 0 Å². The van der Waals surface area contributed by atoms with Gasteiger partial charge in [-0.25, -0.2) is 0 Å². The van der Waals surface area contributed by atoms with Crippen molar-refractivity contribution in [1.82, 2.24) is 10.6 Å². The van der Waals surface area contributed by atoms with Crippen molar-refractivity contribution in [1.29, 1.82) is 0 Å². The summed E-state index contributed by atoms with van der Waals surface area (Å²) < 4.78 is 17.9. The fraction of sp³-hybridized carbons (Fsp3) is 1.00. The van der Waals surface area contributed by atoms with Crippen molar-refractivity contribution in [3.8, 4) is 0 Å². The summed E-state index contributed by atoms with van der Waals surface area (Å²) in [5.41, 5.74) is 18.9. The molecule has 0 aromatic carbocycles. The summed E-state index contributed by atoms with van der Waals surface area (Å²) in [6, 6.07) is -3.62. The number of rotatable bonds is 12. The van der Waals surface area contributed by atoms with Gasteiger partial charge in [0.05, 0.1) is 56.8 Å². The van der Waals surface area contributed by atoms with Gasteiger partial charge in [0.1, 0.15) is 24.4 Å². The van der Waals surface area contributed by atoms with Crippen LogP contribution in [0.4, 0.5) is 0 Å². The minimum Gasteiger partial charge on any atom is -0.395 e. The molecule has 2 aliphatic heterocycles. The Bertz CT molecular complexity index is 695. The van der Waals surface area contributed by atoms with Gasteiger partial charge >= 0.3 is 0 Å². The molecule has 2 saturated heterocycles. The molecular weight excluding hydrogens is 506 g/mol. The third-order valence-electron chi connectivity index (χ3n) is 7.90. The van der Waals surface area contributed by atoms with Gasteiger partial charge in [0.25, 0.3) is 0 Å². The largest absolute Gasteiger partial charge is 0.395 e. The molecule has 0 radical (unpaired) electrons. The maximum absolute atomic E-state index is 11.6. The Kier molecular flexibility index (Phi) is 12.5. The number of nitrogens with one attached hydrogen (secondary N) is 2. The van der Waals surface area contributed by atoms with Gasteiger partial charge < -0.3 is 77.8 Å². The van der Waals surface area contributed by atoms with Gasteiger partial charge in [-0.15, -0.1) is 0 Å². The highest BCUT2D eigenvalue weighted by Crippen LogP contribution is 2.36. The maximum atomic E-state index is 11.6. The third kappa shape index (κ3) is 7.37.